The Morgan fingerprint density at radius 1 is 0.515 bits per heavy atom. The Morgan fingerprint density at radius 2 is 0.848 bits per heavy atom. The number of benzene rings is 1. The lowest BCUT2D eigenvalue weighted by atomic mass is 10.1. The smallest absolute Gasteiger partial charge is 0.0466 e. The molecule has 0 radical (unpaired) electrons. The molecule has 1 heteroatoms. The summed E-state index contributed by atoms with van der Waals surface area (Å²) in [5.74, 6) is 0. The molecule has 0 atom stereocenters. The van der Waals surface area contributed by atoms with Crippen LogP contribution in [-0.4, -0.2) is 13.2 Å². The van der Waals surface area contributed by atoms with Crippen molar-refractivity contribution in [3.05, 3.63) is 42.5 Å². The van der Waals surface area contributed by atoms with Crippen LogP contribution in [0.1, 0.15) is 148 Å². The van der Waals surface area contributed by atoms with Crippen LogP contribution in [-0.2, 0) is 4.74 Å². The third kappa shape index (κ3) is 27.0. The van der Waals surface area contributed by atoms with Crippen LogP contribution in [0.15, 0.2) is 36.9 Å². The van der Waals surface area contributed by atoms with Gasteiger partial charge in [-0.25, -0.2) is 0 Å². The summed E-state index contributed by atoms with van der Waals surface area (Å²) < 4.78 is 5.78. The van der Waals surface area contributed by atoms with E-state index in [-0.39, 0.29) is 0 Å². The van der Waals surface area contributed by atoms with E-state index in [2.05, 4.69) is 20.4 Å². The van der Waals surface area contributed by atoms with Gasteiger partial charge in [0.25, 0.3) is 0 Å². The highest BCUT2D eigenvalue weighted by Gasteiger charge is 1.95. The number of ether oxygens (including phenoxy) is 1. The molecule has 33 heavy (non-hydrogen) atoms. The average molecular weight is 459 g/mol. The zero-order valence-corrected chi connectivity index (χ0v) is 22.6. The summed E-state index contributed by atoms with van der Waals surface area (Å²) in [4.78, 5) is 0. The molecular weight excluding hydrogens is 400 g/mol. The van der Waals surface area contributed by atoms with Gasteiger partial charge < -0.3 is 4.74 Å². The lowest BCUT2D eigenvalue weighted by Crippen LogP contribution is -1.97. The summed E-state index contributed by atoms with van der Waals surface area (Å²) in [5.41, 5.74) is 1.17. The van der Waals surface area contributed by atoms with Crippen LogP contribution in [0.4, 0.5) is 0 Å². The normalized spacial score (nSPS) is 10.6. The molecule has 0 bridgehead atoms. The number of hydrogen-bond donors (Lipinski definition) is 0. The second-order valence-corrected chi connectivity index (χ2v) is 9.59. The zero-order chi connectivity index (χ0) is 24.1. The number of rotatable bonds is 23. The highest BCUT2D eigenvalue weighted by atomic mass is 16.5. The van der Waals surface area contributed by atoms with Gasteiger partial charge >= 0.3 is 0 Å². The van der Waals surface area contributed by atoms with Gasteiger partial charge in [0, 0.05) is 13.2 Å². The maximum atomic E-state index is 5.78. The fourth-order valence-corrected chi connectivity index (χ4v) is 4.07. The van der Waals surface area contributed by atoms with Gasteiger partial charge in [-0.15, -0.1) is 0 Å². The molecule has 192 valence electrons. The van der Waals surface area contributed by atoms with E-state index >= 15 is 0 Å². The van der Waals surface area contributed by atoms with E-state index in [0.29, 0.717) is 0 Å². The summed E-state index contributed by atoms with van der Waals surface area (Å²) in [6.45, 7) is 10.2. The first-order chi connectivity index (χ1) is 16.3. The molecule has 0 aliphatic carbocycles. The quantitative estimate of drug-likeness (QED) is 0.148. The molecule has 0 N–H and O–H groups in total. The SMILES string of the molecule is C=Cc1ccccc1.CCCCCCCCCCCCOCCCCCCCCCCCC. The molecule has 1 rings (SSSR count). The molecule has 0 heterocycles. The van der Waals surface area contributed by atoms with Crippen LogP contribution in [0.2, 0.25) is 0 Å². The Kier molecular flexibility index (Phi) is 28.0. The first-order valence-electron chi connectivity index (χ1n) is 14.6. The Morgan fingerprint density at radius 3 is 1.15 bits per heavy atom. The second-order valence-electron chi connectivity index (χ2n) is 9.59. The Balaban J connectivity index is 0.00000106. The van der Waals surface area contributed by atoms with Crippen molar-refractivity contribution in [3.63, 3.8) is 0 Å². The summed E-state index contributed by atoms with van der Waals surface area (Å²) in [5, 5.41) is 0. The van der Waals surface area contributed by atoms with Crippen LogP contribution >= 0.6 is 0 Å². The van der Waals surface area contributed by atoms with Crippen molar-refractivity contribution in [2.45, 2.75) is 142 Å². The maximum absolute atomic E-state index is 5.78. The van der Waals surface area contributed by atoms with Gasteiger partial charge in [-0.3, -0.25) is 0 Å². The van der Waals surface area contributed by atoms with Gasteiger partial charge in [0.15, 0.2) is 0 Å². The van der Waals surface area contributed by atoms with Crippen molar-refractivity contribution in [1.82, 2.24) is 0 Å². The van der Waals surface area contributed by atoms with Gasteiger partial charge in [0.2, 0.25) is 0 Å². The molecule has 0 aromatic heterocycles. The van der Waals surface area contributed by atoms with Crippen molar-refractivity contribution in [2.75, 3.05) is 13.2 Å². The minimum absolute atomic E-state index is 0.994. The molecule has 0 aliphatic rings. The first-order valence-corrected chi connectivity index (χ1v) is 14.6. The molecule has 0 amide bonds. The van der Waals surface area contributed by atoms with Gasteiger partial charge in [0.05, 0.1) is 0 Å². The number of hydrogen-bond acceptors (Lipinski definition) is 1. The van der Waals surface area contributed by atoms with Gasteiger partial charge in [-0.1, -0.05) is 172 Å². The van der Waals surface area contributed by atoms with E-state index in [1.807, 2.05) is 36.4 Å². The molecule has 0 aliphatic heterocycles. The third-order valence-electron chi connectivity index (χ3n) is 6.32. The third-order valence-corrected chi connectivity index (χ3v) is 6.32. The van der Waals surface area contributed by atoms with E-state index in [0.717, 1.165) is 13.2 Å². The molecule has 1 aromatic rings. The minimum atomic E-state index is 0.994. The van der Waals surface area contributed by atoms with Crippen molar-refractivity contribution in [3.8, 4) is 0 Å². The van der Waals surface area contributed by atoms with E-state index in [4.69, 9.17) is 4.74 Å². The van der Waals surface area contributed by atoms with E-state index in [1.165, 1.54) is 134 Å². The number of unbranched alkanes of at least 4 members (excludes halogenated alkanes) is 18. The van der Waals surface area contributed by atoms with Crippen molar-refractivity contribution in [2.24, 2.45) is 0 Å². The standard InChI is InChI=1S/C24H50O.C8H8/c1-3-5-7-9-11-13-15-17-19-21-23-25-24-22-20-18-16-14-12-10-8-6-4-2;1-2-8-6-4-3-5-7-8/h3-24H2,1-2H3;2-7H,1H2. The second kappa shape index (κ2) is 29.0. The van der Waals surface area contributed by atoms with Crippen molar-refractivity contribution in [1.29, 1.82) is 0 Å². The van der Waals surface area contributed by atoms with E-state index in [9.17, 15) is 0 Å². The van der Waals surface area contributed by atoms with Crippen molar-refractivity contribution < 1.29 is 4.74 Å². The lowest BCUT2D eigenvalue weighted by molar-refractivity contribution is 0.125. The molecule has 0 unspecified atom stereocenters. The van der Waals surface area contributed by atoms with Crippen LogP contribution in [0.25, 0.3) is 6.08 Å². The van der Waals surface area contributed by atoms with Crippen LogP contribution in [0.5, 0.6) is 0 Å². The predicted molar refractivity (Wildman–Crippen MR) is 151 cm³/mol. The van der Waals surface area contributed by atoms with Gasteiger partial charge in [-0.05, 0) is 18.4 Å². The van der Waals surface area contributed by atoms with Gasteiger partial charge in [0.1, 0.15) is 0 Å². The van der Waals surface area contributed by atoms with Gasteiger partial charge in [-0.2, -0.15) is 0 Å². The first kappa shape index (κ1) is 31.9. The van der Waals surface area contributed by atoms with Crippen LogP contribution < -0.4 is 0 Å². The highest BCUT2D eigenvalue weighted by Crippen LogP contribution is 2.12. The van der Waals surface area contributed by atoms with E-state index < -0.39 is 0 Å². The molecule has 1 aromatic carbocycles. The molecule has 0 fully saturated rings. The summed E-state index contributed by atoms with van der Waals surface area (Å²) in [7, 11) is 0. The Bertz CT molecular complexity index is 445. The molecular formula is C32H58O. The molecule has 0 spiro atoms. The van der Waals surface area contributed by atoms with Crippen molar-refractivity contribution >= 4 is 6.08 Å². The Hall–Kier alpha value is -1.08. The molecule has 0 saturated heterocycles. The average Bonchev–Trinajstić information content (AvgIpc) is 2.86. The molecule has 1 nitrogen and oxygen atoms in total. The predicted octanol–water partition coefficient (Wildman–Crippen LogP) is 11.2. The fourth-order valence-electron chi connectivity index (χ4n) is 4.07. The maximum Gasteiger partial charge on any atom is 0.0466 e. The summed E-state index contributed by atoms with van der Waals surface area (Å²) in [6.07, 6.45) is 30.0. The zero-order valence-electron chi connectivity index (χ0n) is 22.6. The lowest BCUT2D eigenvalue weighted by Gasteiger charge is -2.05. The monoisotopic (exact) mass is 458 g/mol. The Labute approximate surface area is 208 Å². The highest BCUT2D eigenvalue weighted by molar-refractivity contribution is 5.45. The summed E-state index contributed by atoms with van der Waals surface area (Å²) >= 11 is 0. The summed E-state index contributed by atoms with van der Waals surface area (Å²) in [6, 6.07) is 10.0. The fraction of sp³-hybridized carbons (Fsp3) is 0.750. The van der Waals surface area contributed by atoms with Crippen LogP contribution in [0.3, 0.4) is 0 Å². The minimum Gasteiger partial charge on any atom is -0.381 e. The largest absolute Gasteiger partial charge is 0.381 e. The topological polar surface area (TPSA) is 9.23 Å². The molecule has 0 saturated carbocycles. The van der Waals surface area contributed by atoms with E-state index in [1.54, 1.807) is 0 Å². The van der Waals surface area contributed by atoms with Crippen LogP contribution in [0, 0.1) is 0 Å².